The van der Waals surface area contributed by atoms with Crippen LogP contribution in [-0.4, -0.2) is 0 Å². The fraction of sp³-hybridized carbons (Fsp3) is 0.478. The van der Waals surface area contributed by atoms with Gasteiger partial charge in [0.1, 0.15) is 0 Å². The predicted molar refractivity (Wildman–Crippen MR) is 98.8 cm³/mol. The fourth-order valence-electron chi connectivity index (χ4n) is 7.40. The van der Waals surface area contributed by atoms with Gasteiger partial charge in [-0.05, 0) is 120 Å². The molecule has 0 aliphatic heterocycles. The molecule has 0 saturated heterocycles. The second-order valence-electron chi connectivity index (χ2n) is 8.93. The number of nitrogens with two attached hydrogens (primary N) is 1. The van der Waals surface area contributed by atoms with Gasteiger partial charge in [-0.15, -0.1) is 0 Å². The van der Waals surface area contributed by atoms with E-state index in [2.05, 4.69) is 45.9 Å². The van der Waals surface area contributed by atoms with E-state index in [1.165, 1.54) is 28.7 Å². The van der Waals surface area contributed by atoms with Crippen molar-refractivity contribution in [2.75, 3.05) is 5.73 Å². The van der Waals surface area contributed by atoms with Gasteiger partial charge in [-0.2, -0.15) is 0 Å². The molecule has 24 heavy (non-hydrogen) atoms. The van der Waals surface area contributed by atoms with Crippen molar-refractivity contribution in [1.29, 1.82) is 0 Å². The van der Waals surface area contributed by atoms with Crippen LogP contribution in [0.25, 0.3) is 0 Å². The molecule has 0 amide bonds. The Balaban J connectivity index is 1.54. The molecule has 4 aliphatic carbocycles. The molecule has 2 fully saturated rings. The topological polar surface area (TPSA) is 26.0 Å². The molecule has 6 unspecified atom stereocenters. The number of nitrogen functional groups attached to an aromatic ring is 1. The Bertz CT molecular complexity index is 938. The molecular weight excluding hydrogens is 290 g/mol. The van der Waals surface area contributed by atoms with Crippen LogP contribution in [-0.2, 0) is 0 Å². The molecule has 2 N–H and O–H groups in total. The van der Waals surface area contributed by atoms with Crippen molar-refractivity contribution >= 4 is 5.69 Å². The first kappa shape index (κ1) is 13.5. The fourth-order valence-corrected chi connectivity index (χ4v) is 7.40. The summed E-state index contributed by atoms with van der Waals surface area (Å²) in [5.41, 5.74) is 20.0. The van der Waals surface area contributed by atoms with Gasteiger partial charge >= 0.3 is 0 Å². The SMILES string of the molecule is Cc1ccc(C)c2c1C1C3CC(C21)C1c2c(C)c(N)cc(C)c2C31. The van der Waals surface area contributed by atoms with Crippen molar-refractivity contribution < 1.29 is 0 Å². The molecule has 1 heteroatoms. The summed E-state index contributed by atoms with van der Waals surface area (Å²) in [5, 5.41) is 0. The molecule has 4 aliphatic rings. The first-order valence-electron chi connectivity index (χ1n) is 9.50. The van der Waals surface area contributed by atoms with Gasteiger partial charge in [0.15, 0.2) is 0 Å². The summed E-state index contributed by atoms with van der Waals surface area (Å²) < 4.78 is 0. The third kappa shape index (κ3) is 1.19. The second kappa shape index (κ2) is 3.90. The minimum Gasteiger partial charge on any atom is -0.398 e. The van der Waals surface area contributed by atoms with Gasteiger partial charge in [0.2, 0.25) is 0 Å². The Morgan fingerprint density at radius 2 is 1.17 bits per heavy atom. The van der Waals surface area contributed by atoms with Crippen LogP contribution in [0.2, 0.25) is 0 Å². The van der Waals surface area contributed by atoms with E-state index < -0.39 is 0 Å². The number of fused-ring (bicyclic) bond motifs is 14. The summed E-state index contributed by atoms with van der Waals surface area (Å²) in [6.07, 6.45) is 1.44. The van der Waals surface area contributed by atoms with E-state index in [9.17, 15) is 0 Å². The van der Waals surface area contributed by atoms with Gasteiger partial charge in [0.05, 0.1) is 0 Å². The molecule has 2 aromatic rings. The van der Waals surface area contributed by atoms with Crippen LogP contribution in [0.15, 0.2) is 18.2 Å². The zero-order chi connectivity index (χ0) is 16.5. The summed E-state index contributed by atoms with van der Waals surface area (Å²) in [5.74, 6) is 5.04. The van der Waals surface area contributed by atoms with E-state index >= 15 is 0 Å². The van der Waals surface area contributed by atoms with Gasteiger partial charge in [0, 0.05) is 5.69 Å². The molecular formula is C23H25N. The Morgan fingerprint density at radius 1 is 0.708 bits per heavy atom. The molecule has 0 aromatic heterocycles. The van der Waals surface area contributed by atoms with Gasteiger partial charge < -0.3 is 5.73 Å². The van der Waals surface area contributed by atoms with E-state index in [-0.39, 0.29) is 0 Å². The molecule has 2 bridgehead atoms. The zero-order valence-electron chi connectivity index (χ0n) is 15.0. The highest BCUT2D eigenvalue weighted by molar-refractivity contribution is 5.68. The minimum atomic E-state index is 0.793. The molecule has 1 nitrogen and oxygen atoms in total. The average molecular weight is 315 g/mol. The number of hydrogen-bond acceptors (Lipinski definition) is 1. The van der Waals surface area contributed by atoms with E-state index in [1.807, 2.05) is 0 Å². The third-order valence-electron chi connectivity index (χ3n) is 8.14. The van der Waals surface area contributed by atoms with Crippen LogP contribution in [0.4, 0.5) is 5.69 Å². The molecule has 0 heterocycles. The first-order chi connectivity index (χ1) is 11.5. The predicted octanol–water partition coefficient (Wildman–Crippen LogP) is 5.21. The summed E-state index contributed by atoms with van der Waals surface area (Å²) >= 11 is 0. The lowest BCUT2D eigenvalue weighted by Crippen LogP contribution is -2.43. The average Bonchev–Trinajstić information content (AvgIpc) is 2.91. The lowest BCUT2D eigenvalue weighted by Gasteiger charge is -2.56. The molecule has 2 saturated carbocycles. The molecule has 6 atom stereocenters. The molecule has 122 valence electrons. The number of rotatable bonds is 0. The lowest BCUT2D eigenvalue weighted by molar-refractivity contribution is 0.225. The molecule has 6 rings (SSSR count). The Labute approximate surface area is 144 Å². The van der Waals surface area contributed by atoms with Crippen LogP contribution in [0, 0.1) is 39.5 Å². The van der Waals surface area contributed by atoms with E-state index in [4.69, 9.17) is 5.73 Å². The number of benzene rings is 2. The summed E-state index contributed by atoms with van der Waals surface area (Å²) in [7, 11) is 0. The van der Waals surface area contributed by atoms with Crippen LogP contribution in [0.5, 0.6) is 0 Å². The Morgan fingerprint density at radius 3 is 1.71 bits per heavy atom. The maximum Gasteiger partial charge on any atom is 0.0349 e. The van der Waals surface area contributed by atoms with Crippen LogP contribution >= 0.6 is 0 Å². The molecule has 0 radical (unpaired) electrons. The monoisotopic (exact) mass is 315 g/mol. The normalized spacial score (nSPS) is 36.3. The van der Waals surface area contributed by atoms with Gasteiger partial charge in [-0.3, -0.25) is 0 Å². The highest BCUT2D eigenvalue weighted by Gasteiger charge is 2.68. The number of anilines is 1. The second-order valence-corrected chi connectivity index (χ2v) is 8.93. The van der Waals surface area contributed by atoms with E-state index in [1.54, 1.807) is 22.3 Å². The highest BCUT2D eigenvalue weighted by Crippen LogP contribution is 2.80. The van der Waals surface area contributed by atoms with E-state index in [0.29, 0.717) is 0 Å². The first-order valence-corrected chi connectivity index (χ1v) is 9.50. The standard InChI is InChI=1S/C23H25N/c1-9-5-6-10(2)17-16(9)20-13-8-14(21(17)20)23-19-12(4)15(24)7-11(3)18(19)22(13)23/h5-7,13-14,20-23H,8,24H2,1-4H3. The third-order valence-corrected chi connectivity index (χ3v) is 8.14. The molecule has 2 aromatic carbocycles. The van der Waals surface area contributed by atoms with Crippen LogP contribution < -0.4 is 5.73 Å². The van der Waals surface area contributed by atoms with Crippen molar-refractivity contribution in [2.45, 2.75) is 57.8 Å². The summed E-state index contributed by atoms with van der Waals surface area (Å²) in [6, 6.07) is 6.91. The van der Waals surface area contributed by atoms with Crippen molar-refractivity contribution in [3.05, 3.63) is 62.7 Å². The maximum atomic E-state index is 6.30. The Hall–Kier alpha value is -1.76. The van der Waals surface area contributed by atoms with Gasteiger partial charge in [-0.1, -0.05) is 12.1 Å². The van der Waals surface area contributed by atoms with Crippen LogP contribution in [0.3, 0.4) is 0 Å². The highest BCUT2D eigenvalue weighted by atomic mass is 14.7. The Kier molecular flexibility index (Phi) is 2.20. The van der Waals surface area contributed by atoms with Crippen molar-refractivity contribution in [1.82, 2.24) is 0 Å². The molecule has 0 spiro atoms. The largest absolute Gasteiger partial charge is 0.398 e. The zero-order valence-corrected chi connectivity index (χ0v) is 15.0. The maximum absolute atomic E-state index is 6.30. The lowest BCUT2D eigenvalue weighted by atomic mass is 9.48. The van der Waals surface area contributed by atoms with Gasteiger partial charge in [0.25, 0.3) is 0 Å². The number of aryl methyl sites for hydroxylation is 3. The smallest absolute Gasteiger partial charge is 0.0349 e. The van der Waals surface area contributed by atoms with Gasteiger partial charge in [-0.25, -0.2) is 0 Å². The quantitative estimate of drug-likeness (QED) is 0.524. The number of hydrogen-bond donors (Lipinski definition) is 1. The van der Waals surface area contributed by atoms with Crippen molar-refractivity contribution in [2.24, 2.45) is 11.8 Å². The van der Waals surface area contributed by atoms with Crippen molar-refractivity contribution in [3.8, 4) is 0 Å². The van der Waals surface area contributed by atoms with Crippen LogP contribution in [0.1, 0.15) is 74.6 Å². The summed E-state index contributed by atoms with van der Waals surface area (Å²) in [4.78, 5) is 0. The van der Waals surface area contributed by atoms with Crippen molar-refractivity contribution in [3.63, 3.8) is 0 Å². The summed E-state index contributed by atoms with van der Waals surface area (Å²) in [6.45, 7) is 9.17. The minimum absolute atomic E-state index is 0.793. The van der Waals surface area contributed by atoms with E-state index in [0.717, 1.165) is 41.2 Å².